The summed E-state index contributed by atoms with van der Waals surface area (Å²) in [7, 11) is -3.90. The van der Waals surface area contributed by atoms with Gasteiger partial charge in [0.25, 0.3) is 0 Å². The molecular weight excluding hydrogens is 313 g/mol. The van der Waals surface area contributed by atoms with Crippen LogP contribution in [0.5, 0.6) is 5.75 Å². The first-order chi connectivity index (χ1) is 8.88. The minimum Gasteiger partial charge on any atom is -0.489 e. The maximum absolute atomic E-state index is 11.3. The Hall–Kier alpha value is -0.530. The predicted octanol–water partition coefficient (Wildman–Crippen LogP) is 2.20. The topological polar surface area (TPSA) is 78.6 Å². The van der Waals surface area contributed by atoms with Gasteiger partial charge in [0, 0.05) is 18.9 Å². The van der Waals surface area contributed by atoms with Crippen molar-refractivity contribution in [3.8, 4) is 5.75 Å². The first-order valence-corrected chi connectivity index (χ1v) is 7.94. The summed E-state index contributed by atoms with van der Waals surface area (Å²) >= 11 is 11.9. The highest BCUT2D eigenvalue weighted by Gasteiger charge is 2.20. The Balaban J connectivity index is 2.25. The highest BCUT2D eigenvalue weighted by Crippen LogP contribution is 2.34. The Morgan fingerprint density at radius 2 is 1.84 bits per heavy atom. The van der Waals surface area contributed by atoms with Crippen LogP contribution in [0.25, 0.3) is 0 Å². The third-order valence-corrected chi connectivity index (χ3v) is 4.43. The summed E-state index contributed by atoms with van der Waals surface area (Å²) < 4.78 is 33.5. The summed E-state index contributed by atoms with van der Waals surface area (Å²) in [6.07, 6.45) is 1.50. The number of hydrogen-bond acceptors (Lipinski definition) is 4. The first kappa shape index (κ1) is 14.9. The van der Waals surface area contributed by atoms with Crippen LogP contribution in [0.2, 0.25) is 10.0 Å². The summed E-state index contributed by atoms with van der Waals surface area (Å²) in [5.41, 5.74) is 0. The largest absolute Gasteiger partial charge is 0.489 e. The molecule has 0 bridgehead atoms. The Kier molecular flexibility index (Phi) is 4.58. The van der Waals surface area contributed by atoms with E-state index in [1.54, 1.807) is 0 Å². The summed E-state index contributed by atoms with van der Waals surface area (Å²) in [4.78, 5) is -0.210. The summed E-state index contributed by atoms with van der Waals surface area (Å²) in [6.45, 7) is 1.26. The zero-order valence-electron chi connectivity index (χ0n) is 9.93. The highest BCUT2D eigenvalue weighted by atomic mass is 35.5. The lowest BCUT2D eigenvalue weighted by atomic mass is 10.1. The van der Waals surface area contributed by atoms with E-state index in [-0.39, 0.29) is 21.0 Å². The van der Waals surface area contributed by atoms with Crippen molar-refractivity contribution in [3.63, 3.8) is 0 Å². The summed E-state index contributed by atoms with van der Waals surface area (Å²) in [5.74, 6) is 0.353. The molecule has 0 aromatic heterocycles. The van der Waals surface area contributed by atoms with Gasteiger partial charge in [-0.3, -0.25) is 0 Å². The molecule has 0 radical (unpaired) electrons. The van der Waals surface area contributed by atoms with Crippen molar-refractivity contribution in [2.24, 2.45) is 5.14 Å². The van der Waals surface area contributed by atoms with Crippen molar-refractivity contribution in [2.45, 2.75) is 23.8 Å². The molecule has 0 saturated carbocycles. The van der Waals surface area contributed by atoms with E-state index in [1.807, 2.05) is 0 Å². The van der Waals surface area contributed by atoms with Crippen LogP contribution < -0.4 is 9.88 Å². The molecule has 0 aliphatic carbocycles. The van der Waals surface area contributed by atoms with E-state index >= 15 is 0 Å². The molecule has 8 heteroatoms. The molecule has 106 valence electrons. The fourth-order valence-electron chi connectivity index (χ4n) is 1.79. The number of primary sulfonamides is 1. The fraction of sp³-hybridized carbons (Fsp3) is 0.455. The molecule has 0 spiro atoms. The second-order valence-electron chi connectivity index (χ2n) is 4.19. The van der Waals surface area contributed by atoms with Gasteiger partial charge in [0.1, 0.15) is 16.7 Å². The lowest BCUT2D eigenvalue weighted by molar-refractivity contribution is 0.0256. The number of benzene rings is 1. The number of sulfonamides is 1. The molecule has 1 aromatic rings. The van der Waals surface area contributed by atoms with Crippen LogP contribution in [0.3, 0.4) is 0 Å². The van der Waals surface area contributed by atoms with Gasteiger partial charge in [0.05, 0.1) is 23.3 Å². The van der Waals surface area contributed by atoms with Crippen molar-refractivity contribution in [1.29, 1.82) is 0 Å². The lowest BCUT2D eigenvalue weighted by Gasteiger charge is -2.24. The number of halogens is 2. The molecular formula is C11H13Cl2NO4S. The highest BCUT2D eigenvalue weighted by molar-refractivity contribution is 7.89. The zero-order chi connectivity index (χ0) is 14.0. The Bertz CT molecular complexity index is 570. The summed E-state index contributed by atoms with van der Waals surface area (Å²) in [6, 6.07) is 2.58. The molecule has 5 nitrogen and oxygen atoms in total. The van der Waals surface area contributed by atoms with Gasteiger partial charge in [-0.2, -0.15) is 0 Å². The van der Waals surface area contributed by atoms with Crippen molar-refractivity contribution in [2.75, 3.05) is 13.2 Å². The smallest absolute Gasteiger partial charge is 0.239 e. The maximum Gasteiger partial charge on any atom is 0.239 e. The normalized spacial score (nSPS) is 17.4. The number of hydrogen-bond donors (Lipinski definition) is 1. The average Bonchev–Trinajstić information content (AvgIpc) is 2.33. The molecule has 1 heterocycles. The summed E-state index contributed by atoms with van der Waals surface area (Å²) in [5, 5.41) is 5.19. The van der Waals surface area contributed by atoms with Gasteiger partial charge < -0.3 is 9.47 Å². The molecule has 0 unspecified atom stereocenters. The number of nitrogens with two attached hydrogens (primary N) is 1. The van der Waals surface area contributed by atoms with Crippen molar-refractivity contribution in [1.82, 2.24) is 0 Å². The SMILES string of the molecule is NS(=O)(=O)c1cc(Cl)c(OC2CCOCC2)cc1Cl. The van der Waals surface area contributed by atoms with E-state index in [1.165, 1.54) is 12.1 Å². The molecule has 0 amide bonds. The second-order valence-corrected chi connectivity index (χ2v) is 6.53. The van der Waals surface area contributed by atoms with Gasteiger partial charge in [0.2, 0.25) is 10.0 Å². The van der Waals surface area contributed by atoms with Crippen LogP contribution in [-0.2, 0) is 14.8 Å². The number of rotatable bonds is 3. The molecule has 2 rings (SSSR count). The van der Waals surface area contributed by atoms with Gasteiger partial charge in [-0.05, 0) is 6.07 Å². The van der Waals surface area contributed by atoms with Crippen molar-refractivity contribution in [3.05, 3.63) is 22.2 Å². The lowest BCUT2D eigenvalue weighted by Crippen LogP contribution is -2.26. The van der Waals surface area contributed by atoms with Gasteiger partial charge in [0.15, 0.2) is 0 Å². The fourth-order valence-corrected chi connectivity index (χ4v) is 3.15. The van der Waals surface area contributed by atoms with Crippen LogP contribution in [0.4, 0.5) is 0 Å². The monoisotopic (exact) mass is 325 g/mol. The van der Waals surface area contributed by atoms with Crippen molar-refractivity contribution >= 4 is 33.2 Å². The Morgan fingerprint density at radius 1 is 1.21 bits per heavy atom. The minimum absolute atomic E-state index is 0.00559. The first-order valence-electron chi connectivity index (χ1n) is 5.64. The van der Waals surface area contributed by atoms with E-state index in [0.29, 0.717) is 19.0 Å². The standard InChI is InChI=1S/C11H13Cl2NO4S/c12-8-6-11(19(14,15)16)9(13)5-10(8)18-7-1-3-17-4-2-7/h5-7H,1-4H2,(H2,14,15,16). The van der Waals surface area contributed by atoms with E-state index in [9.17, 15) is 8.42 Å². The van der Waals surface area contributed by atoms with Gasteiger partial charge in [-0.15, -0.1) is 0 Å². The average molecular weight is 326 g/mol. The second kappa shape index (κ2) is 5.85. The molecule has 1 saturated heterocycles. The van der Waals surface area contributed by atoms with Crippen LogP contribution in [-0.4, -0.2) is 27.7 Å². The molecule has 1 aliphatic rings. The third kappa shape index (κ3) is 3.73. The Morgan fingerprint density at radius 3 is 2.42 bits per heavy atom. The minimum atomic E-state index is -3.90. The zero-order valence-corrected chi connectivity index (χ0v) is 12.3. The quantitative estimate of drug-likeness (QED) is 0.923. The van der Waals surface area contributed by atoms with E-state index in [4.69, 9.17) is 37.8 Å². The van der Waals surface area contributed by atoms with Crippen molar-refractivity contribution < 1.29 is 17.9 Å². The number of ether oxygens (including phenoxy) is 2. The van der Waals surface area contributed by atoms with E-state index in [2.05, 4.69) is 0 Å². The predicted molar refractivity (Wildman–Crippen MR) is 72.3 cm³/mol. The van der Waals surface area contributed by atoms with Gasteiger partial charge in [-0.25, -0.2) is 13.6 Å². The van der Waals surface area contributed by atoms with Gasteiger partial charge >= 0.3 is 0 Å². The molecule has 1 aromatic carbocycles. The molecule has 2 N–H and O–H groups in total. The molecule has 0 atom stereocenters. The van der Waals surface area contributed by atoms with E-state index < -0.39 is 10.0 Å². The van der Waals surface area contributed by atoms with Crippen LogP contribution in [0, 0.1) is 0 Å². The molecule has 19 heavy (non-hydrogen) atoms. The third-order valence-electron chi connectivity index (χ3n) is 2.75. The molecule has 1 aliphatic heterocycles. The van der Waals surface area contributed by atoms with Crippen LogP contribution in [0.1, 0.15) is 12.8 Å². The van der Waals surface area contributed by atoms with Crippen LogP contribution in [0.15, 0.2) is 17.0 Å². The van der Waals surface area contributed by atoms with Gasteiger partial charge in [-0.1, -0.05) is 23.2 Å². The Labute approximate surface area is 121 Å². The van der Waals surface area contributed by atoms with E-state index in [0.717, 1.165) is 12.8 Å². The van der Waals surface area contributed by atoms with Crippen LogP contribution >= 0.6 is 23.2 Å². The maximum atomic E-state index is 11.3. The molecule has 1 fully saturated rings.